The third-order valence-electron chi connectivity index (χ3n) is 12.6. The fourth-order valence-electron chi connectivity index (χ4n) is 8.26. The summed E-state index contributed by atoms with van der Waals surface area (Å²) in [4.78, 5) is 23.3. The molecule has 0 aliphatic carbocycles. The van der Waals surface area contributed by atoms with Crippen molar-refractivity contribution < 1.29 is 38.0 Å². The summed E-state index contributed by atoms with van der Waals surface area (Å²) in [6, 6.07) is -1.03. The Kier molecular flexibility index (Phi) is 44.4. The van der Waals surface area contributed by atoms with Gasteiger partial charge < -0.3 is 24.9 Å². The second kappa shape index (κ2) is 45.0. The molecule has 4 unspecified atom stereocenters. The summed E-state index contributed by atoms with van der Waals surface area (Å²) in [5.74, 6) is -0.254. The molecule has 0 aliphatic heterocycles. The monoisotopic (exact) mass is 916 g/mol. The zero-order chi connectivity index (χ0) is 46.5. The van der Waals surface area contributed by atoms with Crippen LogP contribution in [0.15, 0.2) is 12.2 Å². The number of carbonyl (C=O) groups excluding carboxylic acids is 1. The van der Waals surface area contributed by atoms with Gasteiger partial charge >= 0.3 is 7.82 Å². The zero-order valence-electron chi connectivity index (χ0n) is 42.5. The maximum absolute atomic E-state index is 13.0. The molecule has 4 atom stereocenters. The molecule has 0 radical (unpaired) electrons. The Morgan fingerprint density at radius 3 is 1.27 bits per heavy atom. The minimum atomic E-state index is -4.41. The van der Waals surface area contributed by atoms with Gasteiger partial charge in [-0.3, -0.25) is 13.8 Å². The maximum atomic E-state index is 13.0. The lowest BCUT2D eigenvalue weighted by Crippen LogP contribution is -2.51. The molecule has 4 N–H and O–H groups in total. The van der Waals surface area contributed by atoms with Gasteiger partial charge in [0, 0.05) is 6.42 Å². The third-order valence-corrected chi connectivity index (χ3v) is 13.6. The predicted molar refractivity (Wildman–Crippen MR) is 269 cm³/mol. The van der Waals surface area contributed by atoms with E-state index in [1.165, 1.54) is 199 Å². The Balaban J connectivity index is 4.17. The van der Waals surface area contributed by atoms with Crippen molar-refractivity contribution in [1.29, 1.82) is 0 Å². The average molecular weight is 916 g/mol. The van der Waals surface area contributed by atoms with E-state index in [4.69, 9.17) is 9.05 Å². The number of hydrogen-bond donors (Lipinski definition) is 4. The van der Waals surface area contributed by atoms with Crippen molar-refractivity contribution in [3.63, 3.8) is 0 Å². The van der Waals surface area contributed by atoms with Crippen molar-refractivity contribution in [3.05, 3.63) is 12.2 Å². The van der Waals surface area contributed by atoms with Gasteiger partial charge in [-0.15, -0.1) is 0 Å². The normalized spacial score (nSPS) is 14.6. The molecule has 376 valence electrons. The van der Waals surface area contributed by atoms with E-state index < -0.39 is 32.7 Å². The molecule has 0 aromatic carbocycles. The van der Waals surface area contributed by atoms with Crippen molar-refractivity contribution >= 4 is 13.7 Å². The van der Waals surface area contributed by atoms with E-state index in [9.17, 15) is 24.5 Å². The van der Waals surface area contributed by atoms with Crippen molar-refractivity contribution in [3.8, 4) is 0 Å². The minimum Gasteiger partial charge on any atom is -0.390 e. The molecule has 0 saturated carbocycles. The van der Waals surface area contributed by atoms with Gasteiger partial charge in [0.05, 0.1) is 39.9 Å². The fraction of sp³-hybridized carbons (Fsp3) is 0.943. The molecular weight excluding hydrogens is 808 g/mol. The minimum absolute atomic E-state index is 0.0244. The standard InChI is InChI=1S/C53H107N2O7P/c1-6-8-10-12-14-16-18-20-21-22-23-24-25-26-27-28-29-30-31-32-33-34-36-38-40-42-44-46-52(57)54-50(49-62-63(59,60)61-48-47-55(3,4)5)53(58)51(56)45-43-41-39-37-35-19-17-15-13-11-9-7-2/h22-23,50-51,53,56,58H,6-21,24-49H2,1-5H3,(H-,54,57,59,60)/p+1/b23-22-. The molecule has 0 saturated heterocycles. The fourth-order valence-corrected chi connectivity index (χ4v) is 8.99. The number of phosphoric acid groups is 1. The highest BCUT2D eigenvalue weighted by Gasteiger charge is 2.32. The number of hydrogen-bond acceptors (Lipinski definition) is 6. The Bertz CT molecular complexity index is 1050. The van der Waals surface area contributed by atoms with Gasteiger partial charge in [-0.05, 0) is 38.5 Å². The Hall–Kier alpha value is -0.800. The summed E-state index contributed by atoms with van der Waals surface area (Å²) in [6.07, 6.45) is 50.0. The lowest BCUT2D eigenvalue weighted by molar-refractivity contribution is -0.870. The Morgan fingerprint density at radius 2 is 0.889 bits per heavy atom. The van der Waals surface area contributed by atoms with Crippen molar-refractivity contribution in [2.45, 2.75) is 283 Å². The molecule has 0 bridgehead atoms. The summed E-state index contributed by atoms with van der Waals surface area (Å²) >= 11 is 0. The van der Waals surface area contributed by atoms with Crippen LogP contribution in [0.4, 0.5) is 0 Å². The zero-order valence-corrected chi connectivity index (χ0v) is 43.3. The van der Waals surface area contributed by atoms with E-state index in [0.717, 1.165) is 38.5 Å². The summed E-state index contributed by atoms with van der Waals surface area (Å²) in [5.41, 5.74) is 0. The number of unbranched alkanes of at least 4 members (excludes halogenated alkanes) is 34. The number of rotatable bonds is 50. The van der Waals surface area contributed by atoms with E-state index in [1.807, 2.05) is 21.1 Å². The molecule has 0 heterocycles. The molecule has 0 aliphatic rings. The number of allylic oxidation sites excluding steroid dienone is 2. The maximum Gasteiger partial charge on any atom is 0.472 e. The summed E-state index contributed by atoms with van der Waals surface area (Å²) in [7, 11) is 1.45. The van der Waals surface area contributed by atoms with E-state index in [-0.39, 0.29) is 12.5 Å². The summed E-state index contributed by atoms with van der Waals surface area (Å²) < 4.78 is 23.6. The van der Waals surface area contributed by atoms with Crippen molar-refractivity contribution in [2.24, 2.45) is 0 Å². The van der Waals surface area contributed by atoms with E-state index in [2.05, 4.69) is 31.3 Å². The average Bonchev–Trinajstić information content (AvgIpc) is 3.24. The van der Waals surface area contributed by atoms with Crippen LogP contribution in [0.25, 0.3) is 0 Å². The first-order valence-electron chi connectivity index (χ1n) is 27.1. The van der Waals surface area contributed by atoms with Crippen LogP contribution < -0.4 is 5.32 Å². The predicted octanol–water partition coefficient (Wildman–Crippen LogP) is 14.8. The summed E-state index contributed by atoms with van der Waals surface area (Å²) in [5, 5.41) is 24.8. The lowest BCUT2D eigenvalue weighted by atomic mass is 9.99. The van der Waals surface area contributed by atoms with Crippen LogP contribution in [-0.4, -0.2) is 84.6 Å². The first-order valence-corrected chi connectivity index (χ1v) is 28.6. The number of aliphatic hydroxyl groups excluding tert-OH is 2. The second-order valence-electron chi connectivity index (χ2n) is 20.1. The smallest absolute Gasteiger partial charge is 0.390 e. The molecule has 63 heavy (non-hydrogen) atoms. The van der Waals surface area contributed by atoms with Gasteiger partial charge in [0.2, 0.25) is 5.91 Å². The summed E-state index contributed by atoms with van der Waals surface area (Å²) in [6.45, 7) is 4.63. The van der Waals surface area contributed by atoms with Gasteiger partial charge in [0.1, 0.15) is 19.3 Å². The van der Waals surface area contributed by atoms with Crippen LogP contribution in [0.2, 0.25) is 0 Å². The van der Waals surface area contributed by atoms with Crippen LogP contribution in [0.1, 0.15) is 264 Å². The number of quaternary nitrogens is 1. The first-order chi connectivity index (χ1) is 30.4. The SMILES string of the molecule is CCCCCCCCCC/C=C\CCCCCCCCCCCCCCCCCC(=O)NC(COP(=O)(O)OCC[N+](C)(C)C)C(O)C(O)CCCCCCCCCCCCCC. The molecule has 0 fully saturated rings. The first kappa shape index (κ1) is 62.2. The quantitative estimate of drug-likeness (QED) is 0.0207. The van der Waals surface area contributed by atoms with Gasteiger partial charge in [0.25, 0.3) is 0 Å². The number of aliphatic hydroxyl groups is 2. The Labute approximate surface area is 391 Å². The van der Waals surface area contributed by atoms with Crippen LogP contribution in [-0.2, 0) is 18.4 Å². The highest BCUT2D eigenvalue weighted by molar-refractivity contribution is 7.47. The highest BCUT2D eigenvalue weighted by atomic mass is 31.2. The topological polar surface area (TPSA) is 125 Å². The molecule has 0 aromatic heterocycles. The molecule has 0 spiro atoms. The number of nitrogens with one attached hydrogen (secondary N) is 1. The van der Waals surface area contributed by atoms with Gasteiger partial charge in [-0.1, -0.05) is 231 Å². The number of carbonyl (C=O) groups is 1. The van der Waals surface area contributed by atoms with Crippen molar-refractivity contribution in [1.82, 2.24) is 5.32 Å². The molecule has 10 heteroatoms. The lowest BCUT2D eigenvalue weighted by Gasteiger charge is -2.28. The molecule has 0 rings (SSSR count). The van der Waals surface area contributed by atoms with Gasteiger partial charge in [0.15, 0.2) is 0 Å². The number of phosphoric ester groups is 1. The van der Waals surface area contributed by atoms with Crippen LogP contribution >= 0.6 is 7.82 Å². The van der Waals surface area contributed by atoms with Crippen molar-refractivity contribution in [2.75, 3.05) is 40.9 Å². The molecular formula is C53H108N2O7P+. The van der Waals surface area contributed by atoms with E-state index >= 15 is 0 Å². The highest BCUT2D eigenvalue weighted by Crippen LogP contribution is 2.43. The molecule has 0 aromatic rings. The number of amides is 1. The van der Waals surface area contributed by atoms with Gasteiger partial charge in [-0.2, -0.15) is 0 Å². The molecule has 9 nitrogen and oxygen atoms in total. The van der Waals surface area contributed by atoms with E-state index in [0.29, 0.717) is 23.9 Å². The van der Waals surface area contributed by atoms with E-state index in [1.54, 1.807) is 0 Å². The number of nitrogens with zero attached hydrogens (tertiary/aromatic N) is 1. The van der Waals surface area contributed by atoms with Crippen LogP contribution in [0.5, 0.6) is 0 Å². The third kappa shape index (κ3) is 46.1. The number of likely N-dealkylation sites (N-methyl/N-ethyl adjacent to an activating group) is 1. The van der Waals surface area contributed by atoms with Crippen LogP contribution in [0, 0.1) is 0 Å². The van der Waals surface area contributed by atoms with Crippen LogP contribution in [0.3, 0.4) is 0 Å². The largest absolute Gasteiger partial charge is 0.472 e. The Morgan fingerprint density at radius 1 is 0.540 bits per heavy atom. The second-order valence-corrected chi connectivity index (χ2v) is 21.6. The van der Waals surface area contributed by atoms with Gasteiger partial charge in [-0.25, -0.2) is 4.57 Å². The molecule has 1 amide bonds.